The standard InChI is InChI=1S/C12H16ClNO2/c1-4-12(15)14-11-6-10(13)9(7-16-3)5-8(11)2/h5-6H,4,7H2,1-3H3,(H,14,15). The Morgan fingerprint density at radius 1 is 1.50 bits per heavy atom. The van der Waals surface area contributed by atoms with Crippen molar-refractivity contribution >= 4 is 23.2 Å². The highest BCUT2D eigenvalue weighted by molar-refractivity contribution is 6.31. The number of amides is 1. The molecule has 3 nitrogen and oxygen atoms in total. The SMILES string of the molecule is CCC(=O)Nc1cc(Cl)c(COC)cc1C. The summed E-state index contributed by atoms with van der Waals surface area (Å²) in [6, 6.07) is 3.69. The van der Waals surface area contributed by atoms with E-state index < -0.39 is 0 Å². The first-order valence-corrected chi connectivity index (χ1v) is 5.54. The summed E-state index contributed by atoms with van der Waals surface area (Å²) in [4.78, 5) is 11.3. The van der Waals surface area contributed by atoms with Crippen molar-refractivity contribution in [3.63, 3.8) is 0 Å². The predicted molar refractivity (Wildman–Crippen MR) is 65.8 cm³/mol. The van der Waals surface area contributed by atoms with Crippen LogP contribution in [0.1, 0.15) is 24.5 Å². The molecule has 1 rings (SSSR count). The third-order valence-electron chi connectivity index (χ3n) is 2.29. The maximum Gasteiger partial charge on any atom is 0.224 e. The molecular weight excluding hydrogens is 226 g/mol. The number of hydrogen-bond acceptors (Lipinski definition) is 2. The lowest BCUT2D eigenvalue weighted by Gasteiger charge is -2.11. The Morgan fingerprint density at radius 2 is 2.19 bits per heavy atom. The third-order valence-corrected chi connectivity index (χ3v) is 2.64. The average molecular weight is 242 g/mol. The van der Waals surface area contributed by atoms with Gasteiger partial charge in [0.25, 0.3) is 0 Å². The zero-order valence-corrected chi connectivity index (χ0v) is 10.5. The smallest absolute Gasteiger partial charge is 0.224 e. The van der Waals surface area contributed by atoms with Crippen LogP contribution in [0.5, 0.6) is 0 Å². The molecule has 0 radical (unpaired) electrons. The molecule has 0 aliphatic rings. The molecule has 1 aromatic rings. The maximum atomic E-state index is 11.3. The molecule has 0 aliphatic carbocycles. The highest BCUT2D eigenvalue weighted by Gasteiger charge is 2.07. The highest BCUT2D eigenvalue weighted by atomic mass is 35.5. The van der Waals surface area contributed by atoms with Crippen molar-refractivity contribution in [1.29, 1.82) is 0 Å². The lowest BCUT2D eigenvalue weighted by Crippen LogP contribution is -2.10. The molecule has 4 heteroatoms. The Hall–Kier alpha value is -1.06. The quantitative estimate of drug-likeness (QED) is 0.880. The summed E-state index contributed by atoms with van der Waals surface area (Å²) in [6.07, 6.45) is 0.455. The number of carbonyl (C=O) groups excluding carboxylic acids is 1. The van der Waals surface area contributed by atoms with Crippen molar-refractivity contribution < 1.29 is 9.53 Å². The number of rotatable bonds is 4. The normalized spacial score (nSPS) is 10.2. The van der Waals surface area contributed by atoms with Gasteiger partial charge in [-0.25, -0.2) is 0 Å². The molecule has 1 amide bonds. The number of aryl methyl sites for hydroxylation is 1. The van der Waals surface area contributed by atoms with Gasteiger partial charge in [-0.2, -0.15) is 0 Å². The van der Waals surface area contributed by atoms with Gasteiger partial charge in [-0.3, -0.25) is 4.79 Å². The van der Waals surface area contributed by atoms with Gasteiger partial charge in [0, 0.05) is 24.2 Å². The van der Waals surface area contributed by atoms with Crippen LogP contribution in [0.2, 0.25) is 5.02 Å². The number of benzene rings is 1. The second-order valence-corrected chi connectivity index (χ2v) is 4.00. The van der Waals surface area contributed by atoms with Crippen molar-refractivity contribution in [3.05, 3.63) is 28.3 Å². The summed E-state index contributed by atoms with van der Waals surface area (Å²) in [6.45, 7) is 4.22. The Bertz CT molecular complexity index is 391. The number of halogens is 1. The lowest BCUT2D eigenvalue weighted by molar-refractivity contribution is -0.115. The molecule has 1 aromatic carbocycles. The molecule has 0 fully saturated rings. The van der Waals surface area contributed by atoms with Crippen LogP contribution in [0.15, 0.2) is 12.1 Å². The molecular formula is C12H16ClNO2. The van der Waals surface area contributed by atoms with E-state index >= 15 is 0 Å². The fraction of sp³-hybridized carbons (Fsp3) is 0.417. The van der Waals surface area contributed by atoms with Gasteiger partial charge in [0.05, 0.1) is 6.61 Å². The van der Waals surface area contributed by atoms with E-state index in [4.69, 9.17) is 16.3 Å². The molecule has 1 N–H and O–H groups in total. The van der Waals surface area contributed by atoms with E-state index in [2.05, 4.69) is 5.32 Å². The molecule has 0 heterocycles. The second-order valence-electron chi connectivity index (χ2n) is 3.59. The van der Waals surface area contributed by atoms with Crippen molar-refractivity contribution in [3.8, 4) is 0 Å². The van der Waals surface area contributed by atoms with Crippen LogP contribution in [-0.4, -0.2) is 13.0 Å². The summed E-state index contributed by atoms with van der Waals surface area (Å²) in [5.41, 5.74) is 2.67. The topological polar surface area (TPSA) is 38.3 Å². The summed E-state index contributed by atoms with van der Waals surface area (Å²) in [5.74, 6) is -0.0151. The van der Waals surface area contributed by atoms with Gasteiger partial charge in [0.15, 0.2) is 0 Å². The summed E-state index contributed by atoms with van der Waals surface area (Å²) >= 11 is 6.08. The van der Waals surface area contributed by atoms with E-state index in [1.165, 1.54) is 0 Å². The molecule has 0 aliphatic heterocycles. The first-order chi connectivity index (χ1) is 7.58. The van der Waals surface area contributed by atoms with Gasteiger partial charge < -0.3 is 10.1 Å². The molecule has 88 valence electrons. The van der Waals surface area contributed by atoms with E-state index in [-0.39, 0.29) is 5.91 Å². The van der Waals surface area contributed by atoms with Gasteiger partial charge in [-0.05, 0) is 24.1 Å². The highest BCUT2D eigenvalue weighted by Crippen LogP contribution is 2.25. The number of hydrogen-bond donors (Lipinski definition) is 1. The number of carbonyl (C=O) groups is 1. The monoisotopic (exact) mass is 241 g/mol. The van der Waals surface area contributed by atoms with E-state index in [0.717, 1.165) is 16.8 Å². The first-order valence-electron chi connectivity index (χ1n) is 5.16. The minimum Gasteiger partial charge on any atom is -0.380 e. The molecule has 0 bridgehead atoms. The van der Waals surface area contributed by atoms with E-state index in [9.17, 15) is 4.79 Å². The van der Waals surface area contributed by atoms with Crippen LogP contribution in [-0.2, 0) is 16.1 Å². The van der Waals surface area contributed by atoms with Gasteiger partial charge in [0.2, 0.25) is 5.91 Å². The maximum absolute atomic E-state index is 11.3. The largest absolute Gasteiger partial charge is 0.380 e. The Morgan fingerprint density at radius 3 is 2.75 bits per heavy atom. The predicted octanol–water partition coefficient (Wildman–Crippen LogP) is 3.14. The van der Waals surface area contributed by atoms with Crippen LogP contribution in [0.3, 0.4) is 0 Å². The zero-order valence-electron chi connectivity index (χ0n) is 9.76. The number of ether oxygens (including phenoxy) is 1. The summed E-state index contributed by atoms with van der Waals surface area (Å²) in [7, 11) is 1.62. The van der Waals surface area contributed by atoms with Crippen molar-refractivity contribution in [2.45, 2.75) is 26.9 Å². The number of nitrogens with one attached hydrogen (secondary N) is 1. The number of anilines is 1. The minimum absolute atomic E-state index is 0.0151. The summed E-state index contributed by atoms with van der Waals surface area (Å²) < 4.78 is 5.03. The van der Waals surface area contributed by atoms with Crippen LogP contribution >= 0.6 is 11.6 Å². The molecule has 16 heavy (non-hydrogen) atoms. The van der Waals surface area contributed by atoms with E-state index in [1.807, 2.05) is 19.9 Å². The Balaban J connectivity index is 2.96. The fourth-order valence-electron chi connectivity index (χ4n) is 1.38. The molecule has 0 aromatic heterocycles. The van der Waals surface area contributed by atoms with Crippen LogP contribution < -0.4 is 5.32 Å². The first kappa shape index (κ1) is 13.0. The number of methoxy groups -OCH3 is 1. The average Bonchev–Trinajstić information content (AvgIpc) is 2.25. The van der Waals surface area contributed by atoms with Crippen molar-refractivity contribution in [2.75, 3.05) is 12.4 Å². The molecule has 0 spiro atoms. The van der Waals surface area contributed by atoms with Gasteiger partial charge in [0.1, 0.15) is 0 Å². The Labute approximate surface area is 101 Å². The van der Waals surface area contributed by atoms with Crippen molar-refractivity contribution in [1.82, 2.24) is 0 Å². The lowest BCUT2D eigenvalue weighted by atomic mass is 10.1. The van der Waals surface area contributed by atoms with E-state index in [1.54, 1.807) is 13.2 Å². The van der Waals surface area contributed by atoms with Crippen LogP contribution in [0.4, 0.5) is 5.69 Å². The minimum atomic E-state index is -0.0151. The third kappa shape index (κ3) is 3.22. The van der Waals surface area contributed by atoms with Gasteiger partial charge >= 0.3 is 0 Å². The van der Waals surface area contributed by atoms with Gasteiger partial charge in [-0.1, -0.05) is 24.6 Å². The second kappa shape index (κ2) is 5.87. The molecule has 0 atom stereocenters. The molecule has 0 saturated heterocycles. The van der Waals surface area contributed by atoms with Crippen molar-refractivity contribution in [2.24, 2.45) is 0 Å². The van der Waals surface area contributed by atoms with Crippen LogP contribution in [0, 0.1) is 6.92 Å². The van der Waals surface area contributed by atoms with E-state index in [0.29, 0.717) is 18.1 Å². The zero-order chi connectivity index (χ0) is 12.1. The molecule has 0 unspecified atom stereocenters. The Kier molecular flexibility index (Phi) is 4.77. The summed E-state index contributed by atoms with van der Waals surface area (Å²) in [5, 5.41) is 3.42. The van der Waals surface area contributed by atoms with Gasteiger partial charge in [-0.15, -0.1) is 0 Å². The molecule has 0 saturated carbocycles. The van der Waals surface area contributed by atoms with Crippen LogP contribution in [0.25, 0.3) is 0 Å². The fourth-order valence-corrected chi connectivity index (χ4v) is 1.60.